The van der Waals surface area contributed by atoms with Gasteiger partial charge in [-0.3, -0.25) is 4.90 Å². The van der Waals surface area contributed by atoms with Gasteiger partial charge in [0.15, 0.2) is 0 Å². The summed E-state index contributed by atoms with van der Waals surface area (Å²) >= 11 is 0. The van der Waals surface area contributed by atoms with Crippen LogP contribution < -0.4 is 4.90 Å². The maximum absolute atomic E-state index is 14.2. The molecule has 4 heteroatoms. The van der Waals surface area contributed by atoms with Crippen LogP contribution in [0, 0.1) is 5.82 Å². The second kappa shape index (κ2) is 5.88. The number of likely N-dealkylation sites (N-methyl/N-ethyl adjacent to an activating group) is 1. The molecule has 3 nitrogen and oxygen atoms in total. The summed E-state index contributed by atoms with van der Waals surface area (Å²) < 4.78 is 14.2. The molecule has 106 valence electrons. The van der Waals surface area contributed by atoms with E-state index in [9.17, 15) is 9.50 Å². The average Bonchev–Trinajstić information content (AvgIpc) is 2.39. The van der Waals surface area contributed by atoms with Gasteiger partial charge < -0.3 is 10.0 Å². The van der Waals surface area contributed by atoms with Crippen LogP contribution in [0.4, 0.5) is 10.1 Å². The molecule has 0 radical (unpaired) electrons. The first-order valence-electron chi connectivity index (χ1n) is 6.95. The van der Waals surface area contributed by atoms with Gasteiger partial charge >= 0.3 is 0 Å². The lowest BCUT2D eigenvalue weighted by Crippen LogP contribution is -2.51. The molecule has 1 aliphatic heterocycles. The van der Waals surface area contributed by atoms with E-state index >= 15 is 0 Å². The van der Waals surface area contributed by atoms with Crippen LogP contribution in [0.3, 0.4) is 0 Å². The van der Waals surface area contributed by atoms with E-state index in [1.165, 1.54) is 6.07 Å². The molecule has 0 saturated carbocycles. The highest BCUT2D eigenvalue weighted by molar-refractivity contribution is 5.50. The Balaban J connectivity index is 2.18. The van der Waals surface area contributed by atoms with E-state index < -0.39 is 6.10 Å². The maximum atomic E-state index is 14.2. The van der Waals surface area contributed by atoms with Crippen molar-refractivity contribution >= 4 is 5.69 Å². The predicted molar refractivity (Wildman–Crippen MR) is 76.0 cm³/mol. The van der Waals surface area contributed by atoms with Crippen molar-refractivity contribution in [1.82, 2.24) is 4.90 Å². The molecule has 2 atom stereocenters. The van der Waals surface area contributed by atoms with Crippen LogP contribution in [0.5, 0.6) is 0 Å². The number of hydrogen-bond acceptors (Lipinski definition) is 3. The quantitative estimate of drug-likeness (QED) is 0.910. The van der Waals surface area contributed by atoms with Gasteiger partial charge in [0.05, 0.1) is 11.8 Å². The normalized spacial score (nSPS) is 22.6. The van der Waals surface area contributed by atoms with E-state index in [1.54, 1.807) is 13.0 Å². The molecule has 1 unspecified atom stereocenters. The van der Waals surface area contributed by atoms with Gasteiger partial charge in [0.1, 0.15) is 5.82 Å². The highest BCUT2D eigenvalue weighted by Gasteiger charge is 2.24. The summed E-state index contributed by atoms with van der Waals surface area (Å²) in [6.45, 7) is 6.47. The zero-order chi connectivity index (χ0) is 14.0. The lowest BCUT2D eigenvalue weighted by molar-refractivity contribution is 0.198. The third-order valence-electron chi connectivity index (χ3n) is 4.04. The first-order valence-corrected chi connectivity index (χ1v) is 6.95. The van der Waals surface area contributed by atoms with Crippen LogP contribution in [-0.4, -0.2) is 42.7 Å². The molecule has 2 rings (SSSR count). The molecule has 1 heterocycles. The van der Waals surface area contributed by atoms with Crippen molar-refractivity contribution in [3.05, 3.63) is 29.6 Å². The number of aliphatic hydroxyl groups excluding tert-OH is 1. The molecule has 1 saturated heterocycles. The van der Waals surface area contributed by atoms with E-state index in [-0.39, 0.29) is 5.82 Å². The molecule has 1 N–H and O–H groups in total. The fourth-order valence-corrected chi connectivity index (χ4v) is 2.65. The smallest absolute Gasteiger partial charge is 0.146 e. The minimum atomic E-state index is -0.626. The van der Waals surface area contributed by atoms with Crippen molar-refractivity contribution < 1.29 is 9.50 Å². The number of nitrogens with zero attached hydrogens (tertiary/aromatic N) is 2. The van der Waals surface area contributed by atoms with Crippen LogP contribution in [0.2, 0.25) is 0 Å². The Bertz CT molecular complexity index is 436. The molecule has 0 spiro atoms. The number of anilines is 1. The van der Waals surface area contributed by atoms with Gasteiger partial charge in [-0.05, 0) is 38.1 Å². The molecule has 0 amide bonds. The number of aliphatic hydroxyl groups is 1. The largest absolute Gasteiger partial charge is 0.389 e. The van der Waals surface area contributed by atoms with Gasteiger partial charge in [0, 0.05) is 25.7 Å². The third-order valence-corrected chi connectivity index (χ3v) is 4.04. The second-order valence-electron chi connectivity index (χ2n) is 5.38. The molecule has 0 aliphatic carbocycles. The molecule has 0 aromatic heterocycles. The van der Waals surface area contributed by atoms with Gasteiger partial charge in [0.2, 0.25) is 0 Å². The molecule has 1 aliphatic rings. The lowest BCUT2D eigenvalue weighted by atomic mass is 10.1. The minimum Gasteiger partial charge on any atom is -0.389 e. The molecule has 19 heavy (non-hydrogen) atoms. The highest BCUT2D eigenvalue weighted by atomic mass is 19.1. The molecule has 0 bridgehead atoms. The third kappa shape index (κ3) is 3.07. The first kappa shape index (κ1) is 14.3. The number of hydrogen-bond donors (Lipinski definition) is 1. The Labute approximate surface area is 114 Å². The maximum Gasteiger partial charge on any atom is 0.146 e. The Hall–Kier alpha value is -1.13. The van der Waals surface area contributed by atoms with Gasteiger partial charge in [-0.2, -0.15) is 0 Å². The van der Waals surface area contributed by atoms with Crippen molar-refractivity contribution in [3.63, 3.8) is 0 Å². The zero-order valence-electron chi connectivity index (χ0n) is 11.9. The minimum absolute atomic E-state index is 0.238. The number of benzene rings is 1. The number of rotatable bonds is 3. The molecule has 1 aromatic carbocycles. The fraction of sp³-hybridized carbons (Fsp3) is 0.600. The van der Waals surface area contributed by atoms with E-state index in [0.29, 0.717) is 17.3 Å². The highest BCUT2D eigenvalue weighted by Crippen LogP contribution is 2.25. The van der Waals surface area contributed by atoms with E-state index in [1.807, 2.05) is 6.07 Å². The van der Waals surface area contributed by atoms with Gasteiger partial charge in [-0.25, -0.2) is 4.39 Å². The zero-order valence-corrected chi connectivity index (χ0v) is 11.9. The summed E-state index contributed by atoms with van der Waals surface area (Å²) in [4.78, 5) is 4.44. The van der Waals surface area contributed by atoms with E-state index in [0.717, 1.165) is 26.1 Å². The van der Waals surface area contributed by atoms with Gasteiger partial charge in [-0.1, -0.05) is 13.0 Å². The summed E-state index contributed by atoms with van der Waals surface area (Å²) in [6.07, 6.45) is 0.444. The van der Waals surface area contributed by atoms with Crippen molar-refractivity contribution in [3.8, 4) is 0 Å². The molecule has 1 aromatic rings. The van der Waals surface area contributed by atoms with E-state index in [4.69, 9.17) is 0 Å². The monoisotopic (exact) mass is 266 g/mol. The average molecular weight is 266 g/mol. The summed E-state index contributed by atoms with van der Waals surface area (Å²) in [6, 6.07) is 5.52. The van der Waals surface area contributed by atoms with Crippen LogP contribution >= 0.6 is 0 Å². The predicted octanol–water partition coefficient (Wildman–Crippen LogP) is 2.41. The van der Waals surface area contributed by atoms with E-state index in [2.05, 4.69) is 23.8 Å². The molecule has 1 fully saturated rings. The summed E-state index contributed by atoms with van der Waals surface area (Å²) in [5, 5.41) is 9.48. The van der Waals surface area contributed by atoms with Crippen LogP contribution in [-0.2, 0) is 0 Å². The first-order chi connectivity index (χ1) is 9.02. The topological polar surface area (TPSA) is 26.7 Å². The van der Waals surface area contributed by atoms with Gasteiger partial charge in [0.25, 0.3) is 0 Å². The van der Waals surface area contributed by atoms with Gasteiger partial charge in [-0.15, -0.1) is 0 Å². The molecular formula is C15H23FN2O. The standard InChI is InChI=1S/C15H23FN2O/c1-4-13-10-18(8-7-17(13)3)15-6-5-12(11(2)19)9-14(15)16/h5-6,9,11,13,19H,4,7-8,10H2,1-3H3/t11-,13?/m1/s1. The van der Waals surface area contributed by atoms with Crippen LogP contribution in [0.15, 0.2) is 18.2 Å². The Morgan fingerprint density at radius 2 is 2.16 bits per heavy atom. The lowest BCUT2D eigenvalue weighted by Gasteiger charge is -2.40. The summed E-state index contributed by atoms with van der Waals surface area (Å²) in [7, 11) is 2.12. The SMILES string of the molecule is CCC1CN(c2ccc([C@@H](C)O)cc2F)CCN1C. The number of halogens is 1. The summed E-state index contributed by atoms with van der Waals surface area (Å²) in [5.41, 5.74) is 1.28. The van der Waals surface area contributed by atoms with Crippen LogP contribution in [0.1, 0.15) is 31.9 Å². The molecular weight excluding hydrogens is 243 g/mol. The van der Waals surface area contributed by atoms with Crippen molar-refractivity contribution in [1.29, 1.82) is 0 Å². The van der Waals surface area contributed by atoms with Crippen LogP contribution in [0.25, 0.3) is 0 Å². The second-order valence-corrected chi connectivity index (χ2v) is 5.38. The van der Waals surface area contributed by atoms with Crippen molar-refractivity contribution in [2.45, 2.75) is 32.4 Å². The Morgan fingerprint density at radius 1 is 1.42 bits per heavy atom. The van der Waals surface area contributed by atoms with Crippen molar-refractivity contribution in [2.24, 2.45) is 0 Å². The van der Waals surface area contributed by atoms with Crippen molar-refractivity contribution in [2.75, 3.05) is 31.6 Å². The Morgan fingerprint density at radius 3 is 2.74 bits per heavy atom. The fourth-order valence-electron chi connectivity index (χ4n) is 2.65. The number of piperazine rings is 1. The summed E-state index contributed by atoms with van der Waals surface area (Å²) in [5.74, 6) is -0.238. The Kier molecular flexibility index (Phi) is 4.42.